The summed E-state index contributed by atoms with van der Waals surface area (Å²) in [4.78, 5) is 33.6. The van der Waals surface area contributed by atoms with Crippen molar-refractivity contribution in [3.63, 3.8) is 0 Å². The molecule has 2 N–H and O–H groups in total. The molecule has 0 unspecified atom stereocenters. The molecule has 1 aliphatic heterocycles. The van der Waals surface area contributed by atoms with Crippen LogP contribution in [0.1, 0.15) is 23.6 Å². The van der Waals surface area contributed by atoms with E-state index >= 15 is 0 Å². The first-order chi connectivity index (χ1) is 13.5. The van der Waals surface area contributed by atoms with Crippen LogP contribution in [0.25, 0.3) is 11.0 Å². The number of carbonyl (C=O) groups excluding carboxylic acids is 1. The fraction of sp³-hybridized carbons (Fsp3) is 0.400. The average Bonchev–Trinajstić information content (AvgIpc) is 3.25. The molecule has 1 aliphatic rings. The second-order valence-electron chi connectivity index (χ2n) is 7.29. The summed E-state index contributed by atoms with van der Waals surface area (Å²) in [7, 11) is 0. The highest BCUT2D eigenvalue weighted by Gasteiger charge is 2.34. The van der Waals surface area contributed by atoms with Crippen LogP contribution < -0.4 is 5.56 Å². The maximum Gasteiger partial charge on any atom is 0.270 e. The summed E-state index contributed by atoms with van der Waals surface area (Å²) in [5.41, 5.74) is 2.25. The number of nitrogens with zero attached hydrogens (tertiary/aromatic N) is 3. The van der Waals surface area contributed by atoms with Crippen LogP contribution >= 0.6 is 0 Å². The fourth-order valence-electron chi connectivity index (χ4n) is 3.65. The SMILES string of the molecule is Cc1cc(C[C@@H]2CN(C(=O)CCc3nc4ccccc4[nH]c3=O)C[C@H]2O)on1. The van der Waals surface area contributed by atoms with Crippen molar-refractivity contribution >= 4 is 16.9 Å². The molecule has 0 radical (unpaired) electrons. The minimum atomic E-state index is -0.600. The van der Waals surface area contributed by atoms with Gasteiger partial charge in [-0.3, -0.25) is 9.59 Å². The van der Waals surface area contributed by atoms with Gasteiger partial charge in [0.15, 0.2) is 0 Å². The number of carbonyl (C=O) groups is 1. The van der Waals surface area contributed by atoms with Gasteiger partial charge in [-0.1, -0.05) is 17.3 Å². The maximum absolute atomic E-state index is 12.6. The number of amides is 1. The summed E-state index contributed by atoms with van der Waals surface area (Å²) >= 11 is 0. The first-order valence-electron chi connectivity index (χ1n) is 9.35. The Morgan fingerprint density at radius 2 is 2.18 bits per heavy atom. The number of aliphatic hydroxyl groups excluding tert-OH is 1. The molecule has 8 nitrogen and oxygen atoms in total. The molecule has 146 valence electrons. The molecule has 4 rings (SSSR count). The molecule has 2 aromatic heterocycles. The van der Waals surface area contributed by atoms with E-state index in [0.29, 0.717) is 35.5 Å². The molecule has 2 atom stereocenters. The first kappa shape index (κ1) is 18.4. The van der Waals surface area contributed by atoms with Gasteiger partial charge < -0.3 is 19.5 Å². The lowest BCUT2D eigenvalue weighted by Gasteiger charge is -2.15. The minimum Gasteiger partial charge on any atom is -0.391 e. The van der Waals surface area contributed by atoms with E-state index in [1.165, 1.54) is 0 Å². The number of benzene rings is 1. The molecule has 28 heavy (non-hydrogen) atoms. The molecular weight excluding hydrogens is 360 g/mol. The van der Waals surface area contributed by atoms with Crippen LogP contribution in [0, 0.1) is 12.8 Å². The highest BCUT2D eigenvalue weighted by Crippen LogP contribution is 2.22. The van der Waals surface area contributed by atoms with Gasteiger partial charge in [0.2, 0.25) is 5.91 Å². The van der Waals surface area contributed by atoms with Gasteiger partial charge in [-0.2, -0.15) is 0 Å². The zero-order valence-corrected chi connectivity index (χ0v) is 15.6. The molecule has 0 saturated carbocycles. The van der Waals surface area contributed by atoms with Crippen molar-refractivity contribution in [1.82, 2.24) is 20.0 Å². The van der Waals surface area contributed by atoms with Crippen molar-refractivity contribution in [1.29, 1.82) is 0 Å². The van der Waals surface area contributed by atoms with E-state index in [1.54, 1.807) is 11.0 Å². The number of likely N-dealkylation sites (tertiary alicyclic amines) is 1. The van der Waals surface area contributed by atoms with Gasteiger partial charge >= 0.3 is 0 Å². The smallest absolute Gasteiger partial charge is 0.270 e. The summed E-state index contributed by atoms with van der Waals surface area (Å²) in [5, 5.41) is 14.2. The lowest BCUT2D eigenvalue weighted by molar-refractivity contribution is -0.130. The van der Waals surface area contributed by atoms with Crippen LogP contribution in [0.5, 0.6) is 0 Å². The quantitative estimate of drug-likeness (QED) is 0.686. The molecular formula is C20H22N4O4. The summed E-state index contributed by atoms with van der Waals surface area (Å²) in [6.07, 6.45) is 0.376. The van der Waals surface area contributed by atoms with Crippen LogP contribution in [-0.2, 0) is 17.6 Å². The normalized spacial score (nSPS) is 19.4. The number of H-pyrrole nitrogens is 1. The van der Waals surface area contributed by atoms with Gasteiger partial charge in [0, 0.05) is 44.3 Å². The highest BCUT2D eigenvalue weighted by molar-refractivity contribution is 5.77. The number of aliphatic hydroxyl groups is 1. The third-order valence-electron chi connectivity index (χ3n) is 5.14. The van der Waals surface area contributed by atoms with Gasteiger partial charge in [0.25, 0.3) is 5.56 Å². The molecule has 0 spiro atoms. The molecule has 1 saturated heterocycles. The van der Waals surface area contributed by atoms with Gasteiger partial charge in [0.05, 0.1) is 22.8 Å². The van der Waals surface area contributed by atoms with Gasteiger partial charge in [0.1, 0.15) is 11.5 Å². The Morgan fingerprint density at radius 1 is 1.36 bits per heavy atom. The van der Waals surface area contributed by atoms with Crippen molar-refractivity contribution in [2.24, 2.45) is 5.92 Å². The molecule has 8 heteroatoms. The van der Waals surface area contributed by atoms with E-state index in [9.17, 15) is 14.7 Å². The van der Waals surface area contributed by atoms with Crippen molar-refractivity contribution in [3.05, 3.63) is 57.8 Å². The lowest BCUT2D eigenvalue weighted by atomic mass is 10.0. The van der Waals surface area contributed by atoms with Crippen molar-refractivity contribution in [2.45, 2.75) is 32.3 Å². The largest absolute Gasteiger partial charge is 0.391 e. The van der Waals surface area contributed by atoms with Crippen molar-refractivity contribution in [3.8, 4) is 0 Å². The third kappa shape index (κ3) is 3.82. The number of β-amino-alcohol motifs (C(OH)–C–C–N with tert-alkyl or cyclic N) is 1. The van der Waals surface area contributed by atoms with E-state index in [4.69, 9.17) is 4.52 Å². The number of aromatic nitrogens is 3. The Hall–Kier alpha value is -3.00. The number of fused-ring (bicyclic) bond motifs is 1. The van der Waals surface area contributed by atoms with Crippen molar-refractivity contribution in [2.75, 3.05) is 13.1 Å². The van der Waals surface area contributed by atoms with E-state index in [2.05, 4.69) is 15.1 Å². The van der Waals surface area contributed by atoms with Crippen molar-refractivity contribution < 1.29 is 14.4 Å². The number of hydrogen-bond donors (Lipinski definition) is 2. The molecule has 1 aromatic carbocycles. The highest BCUT2D eigenvalue weighted by atomic mass is 16.5. The molecule has 1 amide bonds. The van der Waals surface area contributed by atoms with E-state index in [0.717, 1.165) is 5.69 Å². The number of aryl methyl sites for hydroxylation is 2. The Balaban J connectivity index is 1.38. The zero-order valence-electron chi connectivity index (χ0n) is 15.6. The second kappa shape index (κ2) is 7.55. The van der Waals surface area contributed by atoms with E-state index in [1.807, 2.05) is 31.2 Å². The van der Waals surface area contributed by atoms with Crippen LogP contribution in [0.3, 0.4) is 0 Å². The van der Waals surface area contributed by atoms with Gasteiger partial charge in [-0.25, -0.2) is 4.98 Å². The average molecular weight is 382 g/mol. The zero-order chi connectivity index (χ0) is 19.7. The maximum atomic E-state index is 12.6. The molecule has 0 bridgehead atoms. The Bertz CT molecular complexity index is 1060. The Kier molecular flexibility index (Phi) is 4.95. The summed E-state index contributed by atoms with van der Waals surface area (Å²) < 4.78 is 5.21. The third-order valence-corrected chi connectivity index (χ3v) is 5.14. The lowest BCUT2D eigenvalue weighted by Crippen LogP contribution is -2.30. The summed E-state index contributed by atoms with van der Waals surface area (Å²) in [5.74, 6) is 0.533. The van der Waals surface area contributed by atoms with Crippen LogP contribution in [-0.4, -0.2) is 50.2 Å². The molecule has 1 fully saturated rings. The minimum absolute atomic E-state index is 0.0847. The van der Waals surface area contributed by atoms with Gasteiger partial charge in [-0.05, 0) is 19.1 Å². The second-order valence-corrected chi connectivity index (χ2v) is 7.29. The Morgan fingerprint density at radius 3 is 2.96 bits per heavy atom. The van der Waals surface area contributed by atoms with Gasteiger partial charge in [-0.15, -0.1) is 0 Å². The van der Waals surface area contributed by atoms with E-state index < -0.39 is 6.10 Å². The standard InChI is InChI=1S/C20H22N4O4/c1-12-8-14(28-23-12)9-13-10-24(11-18(13)25)19(26)7-6-17-20(27)22-16-5-3-2-4-15(16)21-17/h2-5,8,13,18,25H,6-7,9-11H2,1H3,(H,22,27)/t13-,18-/m1/s1. The van der Waals surface area contributed by atoms with Crippen LogP contribution in [0.2, 0.25) is 0 Å². The number of rotatable bonds is 5. The predicted molar refractivity (Wildman–Crippen MR) is 102 cm³/mol. The number of hydrogen-bond acceptors (Lipinski definition) is 6. The monoisotopic (exact) mass is 382 g/mol. The van der Waals surface area contributed by atoms with Crippen LogP contribution in [0.15, 0.2) is 39.6 Å². The molecule has 3 aromatic rings. The van der Waals surface area contributed by atoms with Crippen LogP contribution in [0.4, 0.5) is 0 Å². The predicted octanol–water partition coefficient (Wildman–Crippen LogP) is 1.21. The Labute approximate surface area is 161 Å². The number of nitrogens with one attached hydrogen (secondary N) is 1. The first-order valence-corrected chi connectivity index (χ1v) is 9.35. The number of aromatic amines is 1. The summed E-state index contributed by atoms with van der Waals surface area (Å²) in [6.45, 7) is 2.59. The fourth-order valence-corrected chi connectivity index (χ4v) is 3.65. The topological polar surface area (TPSA) is 112 Å². The van der Waals surface area contributed by atoms with E-state index in [-0.39, 0.29) is 36.8 Å². The summed E-state index contributed by atoms with van der Waals surface area (Å²) in [6, 6.07) is 9.14. The number of para-hydroxylation sites is 2. The molecule has 0 aliphatic carbocycles. The molecule has 3 heterocycles.